The number of benzene rings is 1. The van der Waals surface area contributed by atoms with E-state index >= 15 is 0 Å². The lowest BCUT2D eigenvalue weighted by Crippen LogP contribution is -2.56. The van der Waals surface area contributed by atoms with Crippen LogP contribution < -0.4 is 5.32 Å². The molecule has 0 bridgehead atoms. The Bertz CT molecular complexity index is 881. The molecule has 7 nitrogen and oxygen atoms in total. The fourth-order valence-electron chi connectivity index (χ4n) is 4.28. The molecular formula is C21H27FN4O3. The molecule has 2 aliphatic heterocycles. The van der Waals surface area contributed by atoms with Gasteiger partial charge < -0.3 is 19.9 Å². The Balaban J connectivity index is 1.38. The Morgan fingerprint density at radius 3 is 2.66 bits per heavy atom. The molecule has 1 aromatic heterocycles. The van der Waals surface area contributed by atoms with Crippen molar-refractivity contribution in [3.05, 3.63) is 35.3 Å². The third kappa shape index (κ3) is 4.13. The van der Waals surface area contributed by atoms with Gasteiger partial charge in [0, 0.05) is 44.5 Å². The van der Waals surface area contributed by atoms with Crippen LogP contribution in [-0.2, 0) is 9.53 Å². The van der Waals surface area contributed by atoms with Crippen molar-refractivity contribution in [1.82, 2.24) is 20.1 Å². The number of hydrogen-bond acceptors (Lipinski definition) is 4. The number of piperazine rings is 1. The maximum atomic E-state index is 14.0. The molecule has 2 aromatic rings. The molecular weight excluding hydrogens is 375 g/mol. The summed E-state index contributed by atoms with van der Waals surface area (Å²) in [5.41, 5.74) is 1.90. The molecule has 0 aliphatic carbocycles. The number of nitrogens with one attached hydrogen (secondary N) is 2. The highest BCUT2D eigenvalue weighted by molar-refractivity contribution is 5.99. The van der Waals surface area contributed by atoms with Crippen molar-refractivity contribution in [2.24, 2.45) is 0 Å². The number of amides is 2. The normalized spacial score (nSPS) is 23.3. The molecule has 3 heterocycles. The van der Waals surface area contributed by atoms with Gasteiger partial charge in [-0.25, -0.2) is 4.39 Å². The lowest BCUT2D eigenvalue weighted by Gasteiger charge is -2.42. The van der Waals surface area contributed by atoms with Gasteiger partial charge in [-0.05, 0) is 31.0 Å². The molecule has 1 aromatic carbocycles. The number of nitrogens with zero attached hydrogens (tertiary/aromatic N) is 2. The van der Waals surface area contributed by atoms with E-state index in [1.807, 2.05) is 11.8 Å². The summed E-state index contributed by atoms with van der Waals surface area (Å²) in [6.07, 6.45) is 0.791. The molecule has 2 amide bonds. The number of halogens is 1. The van der Waals surface area contributed by atoms with E-state index in [0.29, 0.717) is 29.8 Å². The molecule has 2 atom stereocenters. The standard InChI is InChI=1S/C21H27FN4O3/c1-13-3-4-18(22)17-10-19(24-20(13)17)21(28)23-15-9-16(12-29-11-15)26-7-5-25(6-8-26)14(2)27/h3-4,10,15-16,24H,5-9,11-12H2,1-2H3,(H,23,28)/t15-,16+/m1/s1. The van der Waals surface area contributed by atoms with Crippen molar-refractivity contribution in [2.45, 2.75) is 32.4 Å². The zero-order valence-electron chi connectivity index (χ0n) is 16.8. The molecule has 2 saturated heterocycles. The highest BCUT2D eigenvalue weighted by atomic mass is 19.1. The molecule has 2 fully saturated rings. The second kappa shape index (κ2) is 8.12. The Morgan fingerprint density at radius 1 is 1.21 bits per heavy atom. The molecule has 156 valence electrons. The van der Waals surface area contributed by atoms with Gasteiger partial charge in [0.25, 0.3) is 5.91 Å². The number of aryl methyl sites for hydroxylation is 1. The van der Waals surface area contributed by atoms with Crippen LogP contribution in [0.25, 0.3) is 10.9 Å². The smallest absolute Gasteiger partial charge is 0.268 e. The summed E-state index contributed by atoms with van der Waals surface area (Å²) in [6.45, 7) is 7.65. The largest absolute Gasteiger partial charge is 0.378 e. The van der Waals surface area contributed by atoms with Crippen LogP contribution in [0.3, 0.4) is 0 Å². The number of carbonyl (C=O) groups is 2. The lowest BCUT2D eigenvalue weighted by molar-refractivity contribution is -0.131. The molecule has 2 N–H and O–H groups in total. The van der Waals surface area contributed by atoms with Crippen molar-refractivity contribution < 1.29 is 18.7 Å². The van der Waals surface area contributed by atoms with Crippen LogP contribution in [0.15, 0.2) is 18.2 Å². The number of fused-ring (bicyclic) bond motifs is 1. The van der Waals surface area contributed by atoms with E-state index < -0.39 is 0 Å². The van der Waals surface area contributed by atoms with Crippen LogP contribution >= 0.6 is 0 Å². The van der Waals surface area contributed by atoms with Crippen molar-refractivity contribution in [1.29, 1.82) is 0 Å². The van der Waals surface area contributed by atoms with Gasteiger partial charge in [-0.1, -0.05) is 6.07 Å². The maximum absolute atomic E-state index is 14.0. The molecule has 0 spiro atoms. The minimum absolute atomic E-state index is 0.107. The topological polar surface area (TPSA) is 77.7 Å². The Kier molecular flexibility index (Phi) is 5.56. The van der Waals surface area contributed by atoms with Gasteiger partial charge in [-0.2, -0.15) is 0 Å². The fraction of sp³-hybridized carbons (Fsp3) is 0.524. The maximum Gasteiger partial charge on any atom is 0.268 e. The van der Waals surface area contributed by atoms with E-state index in [-0.39, 0.29) is 29.7 Å². The average Bonchev–Trinajstić information content (AvgIpc) is 3.18. The van der Waals surface area contributed by atoms with Crippen molar-refractivity contribution in [2.75, 3.05) is 39.4 Å². The number of hydrogen-bond donors (Lipinski definition) is 2. The first-order valence-electron chi connectivity index (χ1n) is 10.1. The van der Waals surface area contributed by atoms with Gasteiger partial charge in [0.2, 0.25) is 5.91 Å². The minimum atomic E-state index is -0.341. The summed E-state index contributed by atoms with van der Waals surface area (Å²) in [7, 11) is 0. The minimum Gasteiger partial charge on any atom is -0.378 e. The first kappa shape index (κ1) is 19.8. The molecule has 2 aliphatic rings. The van der Waals surface area contributed by atoms with Gasteiger partial charge >= 0.3 is 0 Å². The molecule has 8 heteroatoms. The molecule has 29 heavy (non-hydrogen) atoms. The number of aromatic amines is 1. The van der Waals surface area contributed by atoms with Gasteiger partial charge in [-0.3, -0.25) is 14.5 Å². The first-order valence-corrected chi connectivity index (χ1v) is 10.1. The summed E-state index contributed by atoms with van der Waals surface area (Å²) >= 11 is 0. The van der Waals surface area contributed by atoms with Crippen LogP contribution in [0.2, 0.25) is 0 Å². The third-order valence-corrected chi connectivity index (χ3v) is 5.99. The van der Waals surface area contributed by atoms with Crippen molar-refractivity contribution >= 4 is 22.7 Å². The molecule has 0 saturated carbocycles. The highest BCUT2D eigenvalue weighted by Gasteiger charge is 2.31. The summed E-state index contributed by atoms with van der Waals surface area (Å²) in [4.78, 5) is 31.5. The quantitative estimate of drug-likeness (QED) is 0.819. The van der Waals surface area contributed by atoms with Gasteiger partial charge in [-0.15, -0.1) is 0 Å². The average molecular weight is 402 g/mol. The Morgan fingerprint density at radius 2 is 1.97 bits per heavy atom. The summed E-state index contributed by atoms with van der Waals surface area (Å²) < 4.78 is 19.8. The van der Waals surface area contributed by atoms with E-state index in [9.17, 15) is 14.0 Å². The SMILES string of the molecule is CC(=O)N1CCN([C@@H]2COC[C@H](NC(=O)c3cc4c(F)ccc(C)c4[nH]3)C2)CC1. The third-order valence-electron chi connectivity index (χ3n) is 5.99. The summed E-state index contributed by atoms with van der Waals surface area (Å²) in [5, 5.41) is 3.45. The van der Waals surface area contributed by atoms with E-state index in [1.165, 1.54) is 6.07 Å². The second-order valence-electron chi connectivity index (χ2n) is 7.98. The Hall–Kier alpha value is -2.45. The number of carbonyl (C=O) groups excluding carboxylic acids is 2. The van der Waals surface area contributed by atoms with Gasteiger partial charge in [0.15, 0.2) is 0 Å². The van der Waals surface area contributed by atoms with Crippen LogP contribution in [-0.4, -0.2) is 78.1 Å². The van der Waals surface area contributed by atoms with Crippen LogP contribution in [0.1, 0.15) is 29.4 Å². The van der Waals surface area contributed by atoms with Crippen molar-refractivity contribution in [3.63, 3.8) is 0 Å². The zero-order valence-corrected chi connectivity index (χ0v) is 16.8. The monoisotopic (exact) mass is 402 g/mol. The van der Waals surface area contributed by atoms with Gasteiger partial charge in [0.05, 0.1) is 24.8 Å². The van der Waals surface area contributed by atoms with Gasteiger partial charge in [0.1, 0.15) is 11.5 Å². The molecule has 0 radical (unpaired) electrons. The summed E-state index contributed by atoms with van der Waals surface area (Å²) in [6, 6.07) is 4.78. The predicted molar refractivity (Wildman–Crippen MR) is 107 cm³/mol. The van der Waals surface area contributed by atoms with E-state index in [0.717, 1.165) is 38.2 Å². The zero-order chi connectivity index (χ0) is 20.5. The number of H-pyrrole nitrogens is 1. The highest BCUT2D eigenvalue weighted by Crippen LogP contribution is 2.23. The lowest BCUT2D eigenvalue weighted by atomic mass is 10.0. The molecule has 4 rings (SSSR count). The van der Waals surface area contributed by atoms with E-state index in [2.05, 4.69) is 15.2 Å². The van der Waals surface area contributed by atoms with E-state index in [4.69, 9.17) is 4.74 Å². The number of aromatic nitrogens is 1. The molecule has 0 unspecified atom stereocenters. The van der Waals surface area contributed by atoms with Crippen LogP contribution in [0.4, 0.5) is 4.39 Å². The van der Waals surface area contributed by atoms with Crippen LogP contribution in [0.5, 0.6) is 0 Å². The number of ether oxygens (including phenoxy) is 1. The number of rotatable bonds is 3. The first-order chi connectivity index (χ1) is 13.9. The Labute approximate surface area is 169 Å². The second-order valence-corrected chi connectivity index (χ2v) is 7.98. The van der Waals surface area contributed by atoms with Crippen LogP contribution in [0, 0.1) is 12.7 Å². The fourth-order valence-corrected chi connectivity index (χ4v) is 4.28. The van der Waals surface area contributed by atoms with E-state index in [1.54, 1.807) is 19.1 Å². The predicted octanol–water partition coefficient (Wildman–Crippen LogP) is 1.67. The van der Waals surface area contributed by atoms with Crippen molar-refractivity contribution in [3.8, 4) is 0 Å². The summed E-state index contributed by atoms with van der Waals surface area (Å²) in [5.74, 6) is -0.484.